The van der Waals surface area contributed by atoms with Gasteiger partial charge in [0.15, 0.2) is 6.17 Å². The number of alkyl halides is 2. The summed E-state index contributed by atoms with van der Waals surface area (Å²) >= 11 is 0. The standard InChI is InChI=1S/C11H22F2O/c1-2-3-4-5-6-7-8-14-10-11(13)9-12/h11H,2-10H2,1H3. The summed E-state index contributed by atoms with van der Waals surface area (Å²) in [6.45, 7) is 1.72. The van der Waals surface area contributed by atoms with Crippen LogP contribution in [0.15, 0.2) is 0 Å². The highest BCUT2D eigenvalue weighted by Gasteiger charge is 2.04. The minimum atomic E-state index is -1.44. The zero-order valence-electron chi connectivity index (χ0n) is 9.11. The Labute approximate surface area is 85.8 Å². The van der Waals surface area contributed by atoms with Crippen molar-refractivity contribution in [1.29, 1.82) is 0 Å². The summed E-state index contributed by atoms with van der Waals surface area (Å²) in [5.74, 6) is 0. The van der Waals surface area contributed by atoms with Gasteiger partial charge in [-0.15, -0.1) is 0 Å². The fraction of sp³-hybridized carbons (Fsp3) is 1.00. The van der Waals surface area contributed by atoms with Gasteiger partial charge in [0.05, 0.1) is 6.61 Å². The van der Waals surface area contributed by atoms with E-state index >= 15 is 0 Å². The highest BCUT2D eigenvalue weighted by Crippen LogP contribution is 2.05. The topological polar surface area (TPSA) is 9.23 Å². The molecule has 0 aliphatic heterocycles. The van der Waals surface area contributed by atoms with Gasteiger partial charge in [0, 0.05) is 6.61 Å². The van der Waals surface area contributed by atoms with E-state index < -0.39 is 12.8 Å². The Hall–Kier alpha value is -0.180. The van der Waals surface area contributed by atoms with Crippen LogP contribution in [0.3, 0.4) is 0 Å². The van der Waals surface area contributed by atoms with Crippen LogP contribution < -0.4 is 0 Å². The molecule has 1 nitrogen and oxygen atoms in total. The molecule has 0 aromatic carbocycles. The number of unbranched alkanes of at least 4 members (excludes halogenated alkanes) is 5. The van der Waals surface area contributed by atoms with Crippen LogP contribution in [0.1, 0.15) is 45.4 Å². The van der Waals surface area contributed by atoms with Gasteiger partial charge in [-0.25, -0.2) is 8.78 Å². The van der Waals surface area contributed by atoms with Crippen LogP contribution in [-0.4, -0.2) is 26.1 Å². The van der Waals surface area contributed by atoms with E-state index in [-0.39, 0.29) is 6.61 Å². The minimum absolute atomic E-state index is 0.0918. The molecule has 86 valence electrons. The van der Waals surface area contributed by atoms with E-state index in [2.05, 4.69) is 6.92 Å². The molecule has 3 heteroatoms. The molecule has 1 unspecified atom stereocenters. The van der Waals surface area contributed by atoms with Gasteiger partial charge in [-0.1, -0.05) is 39.0 Å². The second-order valence-electron chi connectivity index (χ2n) is 3.59. The van der Waals surface area contributed by atoms with Crippen molar-refractivity contribution in [2.24, 2.45) is 0 Å². The summed E-state index contributed by atoms with van der Waals surface area (Å²) in [6.07, 6.45) is 5.68. The summed E-state index contributed by atoms with van der Waals surface area (Å²) in [6, 6.07) is 0. The summed E-state index contributed by atoms with van der Waals surface area (Å²) in [7, 11) is 0. The Balaban J connectivity index is 2.92. The van der Waals surface area contributed by atoms with Gasteiger partial charge in [-0.05, 0) is 6.42 Å². The molecule has 0 aliphatic rings. The monoisotopic (exact) mass is 208 g/mol. The Kier molecular flexibility index (Phi) is 10.8. The van der Waals surface area contributed by atoms with E-state index in [1.807, 2.05) is 0 Å². The third-order valence-electron chi connectivity index (χ3n) is 2.11. The van der Waals surface area contributed by atoms with Gasteiger partial charge in [0.25, 0.3) is 0 Å². The molecule has 14 heavy (non-hydrogen) atoms. The maximum absolute atomic E-state index is 12.3. The lowest BCUT2D eigenvalue weighted by atomic mass is 10.1. The molecule has 0 bridgehead atoms. The van der Waals surface area contributed by atoms with Gasteiger partial charge in [-0.2, -0.15) is 0 Å². The lowest BCUT2D eigenvalue weighted by Crippen LogP contribution is -2.12. The molecular formula is C11H22F2O. The van der Waals surface area contributed by atoms with E-state index in [9.17, 15) is 8.78 Å². The summed E-state index contributed by atoms with van der Waals surface area (Å²) in [4.78, 5) is 0. The average molecular weight is 208 g/mol. The molecule has 0 aromatic heterocycles. The van der Waals surface area contributed by atoms with Gasteiger partial charge in [0.2, 0.25) is 0 Å². The smallest absolute Gasteiger partial charge is 0.151 e. The zero-order chi connectivity index (χ0) is 10.6. The first-order chi connectivity index (χ1) is 6.81. The van der Waals surface area contributed by atoms with Crippen LogP contribution in [0.5, 0.6) is 0 Å². The molecule has 1 atom stereocenters. The third-order valence-corrected chi connectivity index (χ3v) is 2.11. The van der Waals surface area contributed by atoms with Gasteiger partial charge < -0.3 is 4.74 Å². The largest absolute Gasteiger partial charge is 0.378 e. The van der Waals surface area contributed by atoms with Crippen molar-refractivity contribution >= 4 is 0 Å². The SMILES string of the molecule is CCCCCCCCOCC(F)CF. The third kappa shape index (κ3) is 9.90. The molecule has 0 N–H and O–H groups in total. The number of halogens is 2. The van der Waals surface area contributed by atoms with E-state index in [0.29, 0.717) is 6.61 Å². The Bertz CT molecular complexity index is 109. The maximum Gasteiger partial charge on any atom is 0.151 e. The van der Waals surface area contributed by atoms with Crippen molar-refractivity contribution < 1.29 is 13.5 Å². The molecule has 0 heterocycles. The van der Waals surface area contributed by atoms with Gasteiger partial charge in [-0.3, -0.25) is 0 Å². The quantitative estimate of drug-likeness (QED) is 0.498. The highest BCUT2D eigenvalue weighted by atomic mass is 19.2. The number of ether oxygens (including phenoxy) is 1. The lowest BCUT2D eigenvalue weighted by Gasteiger charge is -2.05. The Morgan fingerprint density at radius 2 is 1.71 bits per heavy atom. The minimum Gasteiger partial charge on any atom is -0.378 e. The van der Waals surface area contributed by atoms with Crippen LogP contribution >= 0.6 is 0 Å². The summed E-state index contributed by atoms with van der Waals surface area (Å²) in [5, 5.41) is 0. The fourth-order valence-electron chi connectivity index (χ4n) is 1.24. The maximum atomic E-state index is 12.3. The summed E-state index contributed by atoms with van der Waals surface area (Å²) in [5.41, 5.74) is 0. The molecule has 0 radical (unpaired) electrons. The molecule has 0 saturated heterocycles. The summed E-state index contributed by atoms with van der Waals surface area (Å²) < 4.78 is 28.9. The van der Waals surface area contributed by atoms with E-state index in [1.165, 1.54) is 25.7 Å². The Morgan fingerprint density at radius 1 is 1.07 bits per heavy atom. The predicted molar refractivity (Wildman–Crippen MR) is 55.1 cm³/mol. The zero-order valence-corrected chi connectivity index (χ0v) is 9.11. The van der Waals surface area contributed by atoms with Crippen molar-refractivity contribution in [2.75, 3.05) is 19.9 Å². The molecular weight excluding hydrogens is 186 g/mol. The first-order valence-electron chi connectivity index (χ1n) is 5.59. The second-order valence-corrected chi connectivity index (χ2v) is 3.59. The molecule has 0 saturated carbocycles. The van der Waals surface area contributed by atoms with Crippen molar-refractivity contribution in [3.63, 3.8) is 0 Å². The lowest BCUT2D eigenvalue weighted by molar-refractivity contribution is 0.0673. The highest BCUT2D eigenvalue weighted by molar-refractivity contribution is 4.50. The van der Waals surface area contributed by atoms with Gasteiger partial charge in [0.1, 0.15) is 6.67 Å². The van der Waals surface area contributed by atoms with Crippen LogP contribution in [-0.2, 0) is 4.74 Å². The molecule has 0 aromatic rings. The van der Waals surface area contributed by atoms with Crippen molar-refractivity contribution in [2.45, 2.75) is 51.6 Å². The number of hydrogen-bond acceptors (Lipinski definition) is 1. The molecule has 0 aliphatic carbocycles. The van der Waals surface area contributed by atoms with Crippen LogP contribution in [0.4, 0.5) is 8.78 Å². The van der Waals surface area contributed by atoms with Crippen molar-refractivity contribution in [3.8, 4) is 0 Å². The number of hydrogen-bond donors (Lipinski definition) is 0. The van der Waals surface area contributed by atoms with Crippen molar-refractivity contribution in [3.05, 3.63) is 0 Å². The predicted octanol–water partition coefficient (Wildman–Crippen LogP) is 3.67. The first-order valence-corrected chi connectivity index (χ1v) is 5.59. The average Bonchev–Trinajstić information content (AvgIpc) is 2.21. The van der Waals surface area contributed by atoms with E-state index in [0.717, 1.165) is 12.8 Å². The molecule has 0 rings (SSSR count). The van der Waals surface area contributed by atoms with E-state index in [4.69, 9.17) is 4.74 Å². The first kappa shape index (κ1) is 13.8. The molecule has 0 spiro atoms. The normalized spacial score (nSPS) is 13.1. The Morgan fingerprint density at radius 3 is 2.36 bits per heavy atom. The second kappa shape index (κ2) is 10.9. The van der Waals surface area contributed by atoms with Crippen LogP contribution in [0.25, 0.3) is 0 Å². The molecule has 0 fully saturated rings. The van der Waals surface area contributed by atoms with Crippen LogP contribution in [0, 0.1) is 0 Å². The van der Waals surface area contributed by atoms with Crippen LogP contribution in [0.2, 0.25) is 0 Å². The number of rotatable bonds is 10. The van der Waals surface area contributed by atoms with Crippen molar-refractivity contribution in [1.82, 2.24) is 0 Å². The van der Waals surface area contributed by atoms with Gasteiger partial charge >= 0.3 is 0 Å². The van der Waals surface area contributed by atoms with E-state index in [1.54, 1.807) is 0 Å². The molecule has 0 amide bonds. The fourth-order valence-corrected chi connectivity index (χ4v) is 1.24.